The predicted molar refractivity (Wildman–Crippen MR) is 260 cm³/mol. The molecular weight excluding hydrogens is 894 g/mol. The van der Waals surface area contributed by atoms with Gasteiger partial charge in [-0.2, -0.15) is 4.98 Å². The van der Waals surface area contributed by atoms with Crippen molar-refractivity contribution in [2.75, 3.05) is 93.8 Å². The van der Waals surface area contributed by atoms with Crippen LogP contribution in [0.4, 0.5) is 28.4 Å². The Hall–Kier alpha value is -5.72. The fourth-order valence-electron chi connectivity index (χ4n) is 10.3. The number of hydrogen-bond acceptors (Lipinski definition) is 13. The molecule has 3 N–H and O–H groups in total. The maximum Gasteiger partial charge on any atom is 0.293 e. The summed E-state index contributed by atoms with van der Waals surface area (Å²) in [6.45, 7) is 13.0. The first kappa shape index (κ1) is 45.1. The number of aromatic nitrogens is 2. The number of amides is 1. The summed E-state index contributed by atoms with van der Waals surface area (Å²) in [5, 5.41) is 17.2. The Labute approximate surface area is 395 Å². The van der Waals surface area contributed by atoms with E-state index in [0.717, 1.165) is 87.2 Å². The van der Waals surface area contributed by atoms with Gasteiger partial charge in [-0.3, -0.25) is 24.7 Å². The fourth-order valence-corrected chi connectivity index (χ4v) is 11.5. The first-order valence-electron chi connectivity index (χ1n) is 23.2. The molecule has 1 atom stereocenters. The molecule has 67 heavy (non-hydrogen) atoms. The summed E-state index contributed by atoms with van der Waals surface area (Å²) in [5.41, 5.74) is 7.64. The van der Waals surface area contributed by atoms with E-state index in [1.54, 1.807) is 12.3 Å². The third-order valence-electron chi connectivity index (χ3n) is 13.9. The minimum Gasteiger partial charge on any atom is -0.476 e. The number of benzene rings is 3. The highest BCUT2D eigenvalue weighted by molar-refractivity contribution is 7.90. The molecule has 5 aromatic rings. The molecule has 3 aromatic carbocycles. The number of sulfonamides is 1. The van der Waals surface area contributed by atoms with Crippen LogP contribution < -0.4 is 24.6 Å². The normalized spacial score (nSPS) is 20.2. The van der Waals surface area contributed by atoms with E-state index in [2.05, 4.69) is 55.7 Å². The van der Waals surface area contributed by atoms with Crippen molar-refractivity contribution in [3.05, 3.63) is 110 Å². The molecule has 0 saturated carbocycles. The Balaban J connectivity index is 0.930. The van der Waals surface area contributed by atoms with Crippen molar-refractivity contribution >= 4 is 72.6 Å². The summed E-state index contributed by atoms with van der Waals surface area (Å²) >= 11 is 6.28. The van der Waals surface area contributed by atoms with Gasteiger partial charge in [-0.25, -0.2) is 13.1 Å². The van der Waals surface area contributed by atoms with Gasteiger partial charge in [0.05, 0.1) is 40.9 Å². The van der Waals surface area contributed by atoms with Crippen molar-refractivity contribution in [2.24, 2.45) is 5.41 Å². The van der Waals surface area contributed by atoms with Crippen LogP contribution in [0.5, 0.6) is 5.88 Å². The van der Waals surface area contributed by atoms with Gasteiger partial charge in [0.25, 0.3) is 21.6 Å². The number of aromatic amines is 1. The molecule has 0 bridgehead atoms. The van der Waals surface area contributed by atoms with Crippen LogP contribution in [0.1, 0.15) is 61.0 Å². The van der Waals surface area contributed by atoms with Gasteiger partial charge in [0, 0.05) is 93.3 Å². The maximum atomic E-state index is 14.5. The van der Waals surface area contributed by atoms with Crippen LogP contribution in [0.15, 0.2) is 83.4 Å². The van der Waals surface area contributed by atoms with Crippen molar-refractivity contribution in [1.29, 1.82) is 0 Å². The molecule has 1 unspecified atom stereocenters. The summed E-state index contributed by atoms with van der Waals surface area (Å²) in [4.78, 5) is 42.9. The van der Waals surface area contributed by atoms with Crippen LogP contribution in [0.3, 0.4) is 0 Å². The number of fused-ring (bicyclic) bond motifs is 3. The quantitative estimate of drug-likeness (QED) is 0.0871. The zero-order valence-corrected chi connectivity index (χ0v) is 39.4. The Bertz CT molecular complexity index is 2860. The average Bonchev–Trinajstić information content (AvgIpc) is 3.90. The standard InChI is InChI=1S/C49H56ClN9O7S/c1-49(2)12-10-34(41(29-49)32-4-6-36(50)7-5-32)30-55-15-17-57(18-16-55)38-8-9-40(42(27-38)58-14-3-21-66-48-44(58)26-33-11-13-51-46(33)53-48)47(60)54-67(63,64)39-25-35-24-37(31-56-19-22-65-23-20-56)52-45(35)43(28-39)59(61)62/h4-9,11,13,25-28,37,52H,3,10,12,14-24,29-31H2,1-2H3,(H,51,53)(H,54,60). The van der Waals surface area contributed by atoms with Gasteiger partial charge in [-0.15, -0.1) is 0 Å². The Kier molecular flexibility index (Phi) is 12.4. The number of nitrogens with one attached hydrogen (secondary N) is 3. The number of rotatable bonds is 11. The lowest BCUT2D eigenvalue weighted by Crippen LogP contribution is -2.47. The van der Waals surface area contributed by atoms with Gasteiger partial charge in [0.1, 0.15) is 17.0 Å². The predicted octanol–water partition coefficient (Wildman–Crippen LogP) is 7.62. The number of carbonyl (C=O) groups is 1. The summed E-state index contributed by atoms with van der Waals surface area (Å²) < 4.78 is 42.3. The van der Waals surface area contributed by atoms with Gasteiger partial charge < -0.3 is 29.6 Å². The molecule has 6 heterocycles. The van der Waals surface area contributed by atoms with E-state index in [1.807, 2.05) is 41.3 Å². The molecule has 0 spiro atoms. The first-order valence-corrected chi connectivity index (χ1v) is 25.0. The molecule has 2 aromatic heterocycles. The molecule has 18 heteroatoms. The monoisotopic (exact) mass is 949 g/mol. The molecule has 10 rings (SSSR count). The number of H-pyrrole nitrogens is 1. The van der Waals surface area contributed by atoms with E-state index in [1.165, 1.54) is 22.8 Å². The number of nitrogens with zero attached hydrogens (tertiary/aromatic N) is 6. The number of nitro benzene ring substituents is 1. The summed E-state index contributed by atoms with van der Waals surface area (Å²) in [6.07, 6.45) is 6.01. The molecule has 2 saturated heterocycles. The van der Waals surface area contributed by atoms with Gasteiger partial charge in [-0.1, -0.05) is 43.2 Å². The van der Waals surface area contributed by atoms with E-state index in [9.17, 15) is 23.3 Å². The number of ether oxygens (including phenoxy) is 2. The second-order valence-corrected chi connectivity index (χ2v) is 21.2. The number of piperazine rings is 1. The highest BCUT2D eigenvalue weighted by Gasteiger charge is 2.35. The number of anilines is 4. The van der Waals surface area contributed by atoms with Crippen LogP contribution in [0.2, 0.25) is 5.02 Å². The lowest BCUT2D eigenvalue weighted by atomic mass is 9.72. The minimum atomic E-state index is -4.59. The van der Waals surface area contributed by atoms with Crippen LogP contribution in [0, 0.1) is 15.5 Å². The Morgan fingerprint density at radius 3 is 2.52 bits per heavy atom. The van der Waals surface area contributed by atoms with E-state index < -0.39 is 20.9 Å². The van der Waals surface area contributed by atoms with Gasteiger partial charge in [-0.05, 0) is 103 Å². The zero-order valence-electron chi connectivity index (χ0n) is 37.9. The third-order valence-corrected chi connectivity index (χ3v) is 15.4. The average molecular weight is 951 g/mol. The Morgan fingerprint density at radius 2 is 1.75 bits per heavy atom. The molecule has 5 aliphatic rings. The molecule has 1 amide bonds. The highest BCUT2D eigenvalue weighted by Crippen LogP contribution is 2.44. The molecule has 352 valence electrons. The molecule has 1 aliphatic carbocycles. The van der Waals surface area contributed by atoms with Crippen LogP contribution in [-0.2, 0) is 21.2 Å². The van der Waals surface area contributed by atoms with E-state index in [0.29, 0.717) is 79.9 Å². The lowest BCUT2D eigenvalue weighted by molar-refractivity contribution is -0.384. The second kappa shape index (κ2) is 18.4. The largest absolute Gasteiger partial charge is 0.476 e. The Morgan fingerprint density at radius 1 is 0.955 bits per heavy atom. The third kappa shape index (κ3) is 9.57. The van der Waals surface area contributed by atoms with Crippen molar-refractivity contribution in [2.45, 2.75) is 56.9 Å². The van der Waals surface area contributed by atoms with E-state index >= 15 is 0 Å². The number of allylic oxidation sites excluding steroid dienone is 1. The van der Waals surface area contributed by atoms with Crippen LogP contribution >= 0.6 is 11.6 Å². The topological polar surface area (TPSA) is 179 Å². The van der Waals surface area contributed by atoms with E-state index in [-0.39, 0.29) is 27.6 Å². The first-order chi connectivity index (χ1) is 32.3. The van der Waals surface area contributed by atoms with Crippen molar-refractivity contribution in [3.8, 4) is 5.88 Å². The maximum absolute atomic E-state index is 14.5. The summed E-state index contributed by atoms with van der Waals surface area (Å²) in [7, 11) is -4.59. The van der Waals surface area contributed by atoms with Crippen molar-refractivity contribution < 1.29 is 27.6 Å². The molecule has 0 radical (unpaired) electrons. The van der Waals surface area contributed by atoms with E-state index in [4.69, 9.17) is 26.1 Å². The SMILES string of the molecule is CC1(C)CCC(CN2CCN(c3ccc(C(=O)NS(=O)(=O)c4cc5c(c([N+](=O)[O-])c4)NC(CN4CCOCC4)C5)c(N4CCCOc5nc6[nH]ccc6cc54)c3)CC2)=C(c2ccc(Cl)cc2)C1. The second-order valence-electron chi connectivity index (χ2n) is 19.1. The number of carbonyl (C=O) groups excluding carboxylic acids is 1. The van der Waals surface area contributed by atoms with Crippen molar-refractivity contribution in [3.63, 3.8) is 0 Å². The number of morpholine rings is 1. The molecule has 4 aliphatic heterocycles. The molecular formula is C49H56ClN9O7S. The highest BCUT2D eigenvalue weighted by atomic mass is 35.5. The van der Waals surface area contributed by atoms with Crippen molar-refractivity contribution in [1.82, 2.24) is 24.5 Å². The van der Waals surface area contributed by atoms with Gasteiger partial charge in [0.2, 0.25) is 5.88 Å². The zero-order chi connectivity index (χ0) is 46.5. The summed E-state index contributed by atoms with van der Waals surface area (Å²) in [6, 6.07) is 19.9. The number of hydrogen-bond donors (Lipinski definition) is 3. The smallest absolute Gasteiger partial charge is 0.293 e. The molecule has 16 nitrogen and oxygen atoms in total. The van der Waals surface area contributed by atoms with Gasteiger partial charge in [0.15, 0.2) is 0 Å². The van der Waals surface area contributed by atoms with Crippen LogP contribution in [-0.4, -0.2) is 124 Å². The number of pyridine rings is 1. The number of nitro groups is 1. The summed E-state index contributed by atoms with van der Waals surface area (Å²) in [5.74, 6) is -0.463. The number of halogens is 1. The van der Waals surface area contributed by atoms with Crippen LogP contribution in [0.25, 0.3) is 16.6 Å². The fraction of sp³-hybridized carbons (Fsp3) is 0.429. The molecule has 2 fully saturated rings. The minimum absolute atomic E-state index is 0.123. The van der Waals surface area contributed by atoms with Gasteiger partial charge >= 0.3 is 0 Å². The lowest BCUT2D eigenvalue weighted by Gasteiger charge is -2.39.